The number of rotatable bonds is 1. The molecule has 0 atom stereocenters. The zero-order valence-corrected chi connectivity index (χ0v) is 10.7. The topological polar surface area (TPSA) is 35.5 Å². The summed E-state index contributed by atoms with van der Waals surface area (Å²) in [5.74, 6) is 1.58. The molecule has 1 aliphatic rings. The number of fused-ring (bicyclic) bond motifs is 1. The molecule has 17 heavy (non-hydrogen) atoms. The largest absolute Gasteiger partial charge is 0.513 e. The molecule has 0 aromatic heterocycles. The number of hydrogen-bond acceptors (Lipinski definition) is 4. The molecule has 0 spiro atoms. The first-order valence-electron chi connectivity index (χ1n) is 5.34. The highest BCUT2D eigenvalue weighted by molar-refractivity contribution is 7.99. The van der Waals surface area contributed by atoms with Crippen LogP contribution in [0, 0.1) is 6.92 Å². The Morgan fingerprint density at radius 2 is 2.24 bits per heavy atom. The van der Waals surface area contributed by atoms with Crippen molar-refractivity contribution in [2.24, 2.45) is 0 Å². The number of carbonyl (C=O) groups excluding carboxylic acids is 1. The number of thioether (sulfide) groups is 1. The number of methoxy groups -OCH3 is 1. The van der Waals surface area contributed by atoms with Gasteiger partial charge in [-0.1, -0.05) is 6.58 Å². The van der Waals surface area contributed by atoms with Crippen molar-refractivity contribution in [2.45, 2.75) is 18.2 Å². The summed E-state index contributed by atoms with van der Waals surface area (Å²) in [6.07, 6.45) is 0.321. The van der Waals surface area contributed by atoms with Gasteiger partial charge in [-0.25, -0.2) is 4.79 Å². The maximum Gasteiger partial charge on any atom is 0.513 e. The fourth-order valence-corrected chi connectivity index (χ4v) is 3.03. The Morgan fingerprint density at radius 3 is 2.94 bits per heavy atom. The van der Waals surface area contributed by atoms with Gasteiger partial charge in [-0.05, 0) is 36.6 Å². The molecule has 1 heterocycles. The van der Waals surface area contributed by atoms with E-state index in [0.29, 0.717) is 5.75 Å². The van der Waals surface area contributed by atoms with E-state index in [2.05, 4.69) is 11.3 Å². The molecule has 1 aromatic rings. The van der Waals surface area contributed by atoms with Gasteiger partial charge in [0.25, 0.3) is 0 Å². The molecule has 4 heteroatoms. The predicted octanol–water partition coefficient (Wildman–Crippen LogP) is 3.65. The highest BCUT2D eigenvalue weighted by Gasteiger charge is 2.18. The van der Waals surface area contributed by atoms with Crippen LogP contribution in [0.4, 0.5) is 4.79 Å². The average Bonchev–Trinajstić information content (AvgIpc) is 2.33. The number of hydrogen-bond donors (Lipinski definition) is 0. The Morgan fingerprint density at radius 1 is 1.47 bits per heavy atom. The van der Waals surface area contributed by atoms with Crippen molar-refractivity contribution in [3.63, 3.8) is 0 Å². The molecule has 1 aromatic carbocycles. The van der Waals surface area contributed by atoms with Gasteiger partial charge in [0.2, 0.25) is 0 Å². The van der Waals surface area contributed by atoms with E-state index in [1.54, 1.807) is 17.8 Å². The van der Waals surface area contributed by atoms with Crippen molar-refractivity contribution in [3.05, 3.63) is 29.8 Å². The standard InChI is InChI=1S/C13H14O3S/c1-8-6-7-17-12-9(2)11(5-4-10(8)12)16-13(14)15-3/h4-5H,1,6-7H2,2-3H3. The van der Waals surface area contributed by atoms with Crippen LogP contribution < -0.4 is 4.74 Å². The molecule has 0 radical (unpaired) electrons. The molecular formula is C13H14O3S. The second-order valence-electron chi connectivity index (χ2n) is 3.82. The van der Waals surface area contributed by atoms with E-state index in [9.17, 15) is 4.79 Å². The van der Waals surface area contributed by atoms with Gasteiger partial charge in [-0.15, -0.1) is 11.8 Å². The fraction of sp³-hybridized carbons (Fsp3) is 0.308. The van der Waals surface area contributed by atoms with Crippen LogP contribution in [0.1, 0.15) is 17.5 Å². The van der Waals surface area contributed by atoms with E-state index in [-0.39, 0.29) is 0 Å². The summed E-state index contributed by atoms with van der Waals surface area (Å²) < 4.78 is 9.58. The van der Waals surface area contributed by atoms with Crippen LogP contribution >= 0.6 is 11.8 Å². The molecule has 0 aliphatic carbocycles. The van der Waals surface area contributed by atoms with E-state index in [0.717, 1.165) is 33.8 Å². The lowest BCUT2D eigenvalue weighted by molar-refractivity contribution is 0.121. The third kappa shape index (κ3) is 2.31. The maximum absolute atomic E-state index is 11.1. The quantitative estimate of drug-likeness (QED) is 0.563. The minimum absolute atomic E-state index is 0.554. The zero-order chi connectivity index (χ0) is 12.4. The number of carbonyl (C=O) groups is 1. The van der Waals surface area contributed by atoms with E-state index in [4.69, 9.17) is 4.74 Å². The Bertz CT molecular complexity index is 480. The van der Waals surface area contributed by atoms with Crippen LogP contribution in [0.2, 0.25) is 0 Å². The smallest absolute Gasteiger partial charge is 0.437 e. The third-order valence-corrected chi connectivity index (χ3v) is 3.97. The van der Waals surface area contributed by atoms with Crippen LogP contribution in [0.5, 0.6) is 5.75 Å². The van der Waals surface area contributed by atoms with E-state index >= 15 is 0 Å². The predicted molar refractivity (Wildman–Crippen MR) is 68.6 cm³/mol. The van der Waals surface area contributed by atoms with Crippen LogP contribution in [0.15, 0.2) is 23.6 Å². The third-order valence-electron chi connectivity index (χ3n) is 2.75. The van der Waals surface area contributed by atoms with Crippen molar-refractivity contribution in [1.82, 2.24) is 0 Å². The highest BCUT2D eigenvalue weighted by atomic mass is 32.2. The van der Waals surface area contributed by atoms with Gasteiger partial charge >= 0.3 is 6.16 Å². The second kappa shape index (κ2) is 4.84. The average molecular weight is 250 g/mol. The molecule has 0 fully saturated rings. The first kappa shape index (κ1) is 12.0. The molecule has 2 rings (SSSR count). The molecule has 0 unspecified atom stereocenters. The van der Waals surface area contributed by atoms with Crippen molar-refractivity contribution in [1.29, 1.82) is 0 Å². The van der Waals surface area contributed by atoms with Gasteiger partial charge in [0, 0.05) is 16.2 Å². The van der Waals surface area contributed by atoms with E-state index in [1.165, 1.54) is 7.11 Å². The van der Waals surface area contributed by atoms with Gasteiger partial charge in [0.15, 0.2) is 0 Å². The van der Waals surface area contributed by atoms with Crippen LogP contribution in [-0.2, 0) is 4.74 Å². The molecule has 0 N–H and O–H groups in total. The Kier molecular flexibility index (Phi) is 3.43. The minimum atomic E-state index is -0.687. The second-order valence-corrected chi connectivity index (χ2v) is 4.93. The maximum atomic E-state index is 11.1. The Labute approximate surface area is 105 Å². The van der Waals surface area contributed by atoms with Crippen molar-refractivity contribution >= 4 is 23.5 Å². The molecule has 0 bridgehead atoms. The van der Waals surface area contributed by atoms with Crippen molar-refractivity contribution < 1.29 is 14.3 Å². The molecule has 0 saturated carbocycles. The summed E-state index contributed by atoms with van der Waals surface area (Å²) in [7, 11) is 1.30. The monoisotopic (exact) mass is 250 g/mol. The number of benzene rings is 1. The van der Waals surface area contributed by atoms with Gasteiger partial charge < -0.3 is 9.47 Å². The summed E-state index contributed by atoms with van der Waals surface area (Å²) in [5, 5.41) is 0. The minimum Gasteiger partial charge on any atom is -0.437 e. The lowest BCUT2D eigenvalue weighted by Crippen LogP contribution is -2.09. The molecule has 0 amide bonds. The summed E-state index contributed by atoms with van der Waals surface area (Å²) in [6, 6.07) is 3.75. The SMILES string of the molecule is C=C1CCSc2c1ccc(OC(=O)OC)c2C. The van der Waals surface area contributed by atoms with Gasteiger partial charge in [-0.2, -0.15) is 0 Å². The molecule has 3 nitrogen and oxygen atoms in total. The Balaban J connectivity index is 2.38. The summed E-state index contributed by atoms with van der Waals surface area (Å²) in [6.45, 7) is 6.00. The normalized spacial score (nSPS) is 14.1. The molecule has 90 valence electrons. The van der Waals surface area contributed by atoms with E-state index < -0.39 is 6.16 Å². The highest BCUT2D eigenvalue weighted by Crippen LogP contribution is 2.41. The van der Waals surface area contributed by atoms with Crippen molar-refractivity contribution in [2.75, 3.05) is 12.9 Å². The lowest BCUT2D eigenvalue weighted by Gasteiger charge is -2.21. The van der Waals surface area contributed by atoms with Crippen LogP contribution in [0.3, 0.4) is 0 Å². The van der Waals surface area contributed by atoms with Crippen molar-refractivity contribution in [3.8, 4) is 5.75 Å². The van der Waals surface area contributed by atoms with Gasteiger partial charge in [-0.3, -0.25) is 0 Å². The van der Waals surface area contributed by atoms with Gasteiger partial charge in [0.1, 0.15) is 5.75 Å². The zero-order valence-electron chi connectivity index (χ0n) is 9.91. The fourth-order valence-electron chi connectivity index (χ4n) is 1.79. The first-order valence-corrected chi connectivity index (χ1v) is 6.32. The summed E-state index contributed by atoms with van der Waals surface area (Å²) >= 11 is 1.77. The first-order chi connectivity index (χ1) is 8.13. The molecular weight excluding hydrogens is 236 g/mol. The summed E-state index contributed by atoms with van der Waals surface area (Å²) in [5.41, 5.74) is 3.28. The lowest BCUT2D eigenvalue weighted by atomic mass is 10.0. The van der Waals surface area contributed by atoms with Gasteiger partial charge in [0.05, 0.1) is 7.11 Å². The number of ether oxygens (including phenoxy) is 2. The molecule has 0 saturated heterocycles. The van der Waals surface area contributed by atoms with Crippen LogP contribution in [0.25, 0.3) is 5.57 Å². The Hall–Kier alpha value is -1.42. The van der Waals surface area contributed by atoms with E-state index in [1.807, 2.05) is 13.0 Å². The summed E-state index contributed by atoms with van der Waals surface area (Å²) in [4.78, 5) is 12.3. The van der Waals surface area contributed by atoms with Crippen LogP contribution in [-0.4, -0.2) is 19.0 Å². The number of allylic oxidation sites excluding steroid dienone is 1. The molecule has 1 aliphatic heterocycles.